The monoisotopic (exact) mass is 144 g/mol. The van der Waals surface area contributed by atoms with Crippen LogP contribution in [0.3, 0.4) is 0 Å². The van der Waals surface area contributed by atoms with Crippen molar-refractivity contribution in [1.82, 2.24) is 0 Å². The fourth-order valence-electron chi connectivity index (χ4n) is 0.432. The molecule has 1 amide bonds. The van der Waals surface area contributed by atoms with Crippen molar-refractivity contribution in [3.63, 3.8) is 0 Å². The summed E-state index contributed by atoms with van der Waals surface area (Å²) < 4.78 is 0. The molecule has 5 nitrogen and oxygen atoms in total. The molecule has 5 heteroatoms. The Balaban J connectivity index is 3.55. The Kier molecular flexibility index (Phi) is 3.11. The van der Waals surface area contributed by atoms with Gasteiger partial charge < -0.3 is 11.5 Å². The first kappa shape index (κ1) is 9.19. The van der Waals surface area contributed by atoms with Crippen LogP contribution >= 0.6 is 0 Å². The topological polar surface area (TPSA) is 105 Å². The lowest BCUT2D eigenvalue weighted by Gasteiger charge is -2.16. The summed E-state index contributed by atoms with van der Waals surface area (Å²) in [6.45, 7) is 1.62. The van der Waals surface area contributed by atoms with Crippen LogP contribution in [0.4, 0.5) is 0 Å². The molecule has 5 N–H and O–H groups in total. The van der Waals surface area contributed by atoms with E-state index in [-0.39, 0.29) is 6.42 Å². The molecule has 0 unspecified atom stereocenters. The molecule has 0 aromatic carbocycles. The lowest BCUT2D eigenvalue weighted by molar-refractivity contribution is -0.118. The quantitative estimate of drug-likeness (QED) is 0.382. The maximum atomic E-state index is 10.4. The molecule has 0 saturated carbocycles. The van der Waals surface area contributed by atoms with E-state index in [1.807, 2.05) is 0 Å². The maximum absolute atomic E-state index is 10.4. The predicted molar refractivity (Wildman–Crippen MR) is 36.2 cm³/mol. The standard InChI is InChI=1S/C5H12N4O/c1-5(6,7)3-2-4(10)9-8/h8H,2-3,6-7H2,1H3. The van der Waals surface area contributed by atoms with Crippen LogP contribution in [0.2, 0.25) is 0 Å². The van der Waals surface area contributed by atoms with Gasteiger partial charge in [0, 0.05) is 6.42 Å². The molecule has 10 heavy (non-hydrogen) atoms. The van der Waals surface area contributed by atoms with Gasteiger partial charge in [-0.05, 0) is 13.3 Å². The van der Waals surface area contributed by atoms with Crippen molar-refractivity contribution in [2.45, 2.75) is 25.4 Å². The number of hydrogen-bond acceptors (Lipinski definition) is 4. The first-order valence-electron chi connectivity index (χ1n) is 2.94. The second-order valence-corrected chi connectivity index (χ2v) is 2.51. The highest BCUT2D eigenvalue weighted by molar-refractivity contribution is 5.75. The van der Waals surface area contributed by atoms with Gasteiger partial charge in [0.2, 0.25) is 0 Å². The molecule has 0 aromatic heterocycles. The third-order valence-corrected chi connectivity index (χ3v) is 1.00. The Bertz CT molecular complexity index is 137. The minimum absolute atomic E-state index is 0.146. The van der Waals surface area contributed by atoms with Gasteiger partial charge in [0.1, 0.15) is 0 Å². The number of hydrogen-bond donors (Lipinski definition) is 3. The van der Waals surface area contributed by atoms with Crippen molar-refractivity contribution in [3.05, 3.63) is 0 Å². The molecular formula is C5H12N4O. The largest absolute Gasteiger partial charge is 0.314 e. The number of carbonyl (C=O) groups is 1. The SMILES string of the molecule is CC(N)(N)CCC(=O)N=N. The van der Waals surface area contributed by atoms with Crippen molar-refractivity contribution in [2.75, 3.05) is 0 Å². The smallest absolute Gasteiger partial charge is 0.264 e. The molecule has 0 fully saturated rings. The van der Waals surface area contributed by atoms with Gasteiger partial charge in [-0.15, -0.1) is 5.11 Å². The number of carbonyl (C=O) groups excluding carboxylic acids is 1. The van der Waals surface area contributed by atoms with Crippen LogP contribution in [0.1, 0.15) is 19.8 Å². The minimum Gasteiger partial charge on any atom is -0.314 e. The van der Waals surface area contributed by atoms with E-state index in [9.17, 15) is 4.79 Å². The summed E-state index contributed by atoms with van der Waals surface area (Å²) in [5, 5.41) is 2.69. The summed E-state index contributed by atoms with van der Waals surface area (Å²) in [5.74, 6) is -0.484. The Morgan fingerprint density at radius 2 is 2.20 bits per heavy atom. The summed E-state index contributed by atoms with van der Waals surface area (Å²) in [4.78, 5) is 10.4. The van der Waals surface area contributed by atoms with Crippen LogP contribution in [-0.4, -0.2) is 11.6 Å². The third-order valence-electron chi connectivity index (χ3n) is 1.00. The molecule has 0 atom stereocenters. The molecule has 0 saturated heterocycles. The first-order chi connectivity index (χ1) is 4.45. The molecule has 58 valence electrons. The van der Waals surface area contributed by atoms with Crippen LogP contribution < -0.4 is 11.5 Å². The van der Waals surface area contributed by atoms with Gasteiger partial charge in [-0.3, -0.25) is 4.79 Å². The molecule has 0 aliphatic carbocycles. The zero-order valence-corrected chi connectivity index (χ0v) is 5.92. The van der Waals surface area contributed by atoms with E-state index in [4.69, 9.17) is 17.0 Å². The van der Waals surface area contributed by atoms with Crippen molar-refractivity contribution in [1.29, 1.82) is 5.53 Å². The van der Waals surface area contributed by atoms with Crippen molar-refractivity contribution in [3.8, 4) is 0 Å². The van der Waals surface area contributed by atoms with Crippen LogP contribution in [0, 0.1) is 5.53 Å². The molecular weight excluding hydrogens is 132 g/mol. The molecule has 0 aromatic rings. The summed E-state index contributed by atoms with van der Waals surface area (Å²) >= 11 is 0. The highest BCUT2D eigenvalue weighted by Crippen LogP contribution is 2.01. The number of nitrogens with one attached hydrogen (secondary N) is 1. The summed E-state index contributed by atoms with van der Waals surface area (Å²) in [6, 6.07) is 0. The van der Waals surface area contributed by atoms with Crippen molar-refractivity contribution < 1.29 is 4.79 Å². The van der Waals surface area contributed by atoms with E-state index in [1.165, 1.54) is 0 Å². The molecule has 0 radical (unpaired) electrons. The van der Waals surface area contributed by atoms with E-state index in [0.717, 1.165) is 0 Å². The number of amides is 1. The molecule has 0 bridgehead atoms. The van der Waals surface area contributed by atoms with Gasteiger partial charge in [-0.2, -0.15) is 0 Å². The van der Waals surface area contributed by atoms with Gasteiger partial charge in [0.15, 0.2) is 0 Å². The molecule has 0 heterocycles. The number of rotatable bonds is 3. The zero-order chi connectivity index (χ0) is 8.20. The summed E-state index contributed by atoms with van der Waals surface area (Å²) in [5.41, 5.74) is 16.2. The van der Waals surface area contributed by atoms with E-state index >= 15 is 0 Å². The van der Waals surface area contributed by atoms with E-state index in [2.05, 4.69) is 5.11 Å². The minimum atomic E-state index is -0.833. The molecule has 0 rings (SSSR count). The first-order valence-corrected chi connectivity index (χ1v) is 2.94. The van der Waals surface area contributed by atoms with Gasteiger partial charge in [0.25, 0.3) is 5.91 Å². The van der Waals surface area contributed by atoms with Crippen LogP contribution in [-0.2, 0) is 4.79 Å². The Morgan fingerprint density at radius 1 is 1.70 bits per heavy atom. The lowest BCUT2D eigenvalue weighted by atomic mass is 10.1. The van der Waals surface area contributed by atoms with E-state index < -0.39 is 11.6 Å². The second kappa shape index (κ2) is 3.38. The highest BCUT2D eigenvalue weighted by Gasteiger charge is 2.12. The number of nitrogens with two attached hydrogens (primary N) is 2. The average Bonchev–Trinajstić information content (AvgIpc) is 1.81. The Morgan fingerprint density at radius 3 is 2.50 bits per heavy atom. The maximum Gasteiger partial charge on any atom is 0.264 e. The molecule has 0 aliphatic heterocycles. The highest BCUT2D eigenvalue weighted by atomic mass is 16.1. The van der Waals surface area contributed by atoms with Gasteiger partial charge in [-0.1, -0.05) is 0 Å². The van der Waals surface area contributed by atoms with Gasteiger partial charge in [-0.25, -0.2) is 5.53 Å². The van der Waals surface area contributed by atoms with E-state index in [0.29, 0.717) is 6.42 Å². The normalized spacial score (nSPS) is 11.1. The third kappa shape index (κ3) is 5.33. The summed E-state index contributed by atoms with van der Waals surface area (Å²) in [7, 11) is 0. The van der Waals surface area contributed by atoms with Gasteiger partial charge in [0.05, 0.1) is 5.66 Å². The van der Waals surface area contributed by atoms with Crippen LogP contribution in [0.25, 0.3) is 0 Å². The Labute approximate surface area is 59.3 Å². The number of nitrogens with zero attached hydrogens (tertiary/aromatic N) is 1. The summed E-state index contributed by atoms with van der Waals surface area (Å²) in [6.07, 6.45) is 0.501. The van der Waals surface area contributed by atoms with E-state index in [1.54, 1.807) is 6.92 Å². The Hall–Kier alpha value is -0.810. The second-order valence-electron chi connectivity index (χ2n) is 2.51. The predicted octanol–water partition coefficient (Wildman–Crippen LogP) is -0.0422. The zero-order valence-electron chi connectivity index (χ0n) is 5.92. The fourth-order valence-corrected chi connectivity index (χ4v) is 0.432. The molecule has 0 spiro atoms. The lowest BCUT2D eigenvalue weighted by Crippen LogP contribution is -2.46. The van der Waals surface area contributed by atoms with Crippen LogP contribution in [0.5, 0.6) is 0 Å². The molecule has 0 aliphatic rings. The van der Waals surface area contributed by atoms with Crippen molar-refractivity contribution in [2.24, 2.45) is 16.6 Å². The van der Waals surface area contributed by atoms with Crippen LogP contribution in [0.15, 0.2) is 5.11 Å². The van der Waals surface area contributed by atoms with Crippen molar-refractivity contribution >= 4 is 5.91 Å². The average molecular weight is 144 g/mol. The van der Waals surface area contributed by atoms with Gasteiger partial charge >= 0.3 is 0 Å². The fraction of sp³-hybridized carbons (Fsp3) is 0.800.